The highest BCUT2D eigenvalue weighted by Gasteiger charge is 2.12. The third-order valence-electron chi connectivity index (χ3n) is 3.64. The number of pyridine rings is 2. The van der Waals surface area contributed by atoms with Gasteiger partial charge in [-0.3, -0.25) is 4.98 Å². The molecule has 0 amide bonds. The first-order valence-corrected chi connectivity index (χ1v) is 7.61. The average molecular weight is 306 g/mol. The summed E-state index contributed by atoms with van der Waals surface area (Å²) in [4.78, 5) is 20.1. The predicted octanol–water partition coefficient (Wildman–Crippen LogP) is 4.21. The van der Waals surface area contributed by atoms with Crippen molar-refractivity contribution in [1.29, 1.82) is 0 Å². The molecule has 0 saturated carbocycles. The van der Waals surface area contributed by atoms with E-state index in [0.717, 1.165) is 27.4 Å². The fraction of sp³-hybridized carbons (Fsp3) is 0. The summed E-state index contributed by atoms with van der Waals surface area (Å²) in [6, 6.07) is 8.97. The van der Waals surface area contributed by atoms with Crippen LogP contribution in [0.15, 0.2) is 53.5 Å². The minimum Gasteiger partial charge on any atom is -0.478 e. The van der Waals surface area contributed by atoms with Crippen LogP contribution in [-0.4, -0.2) is 21.0 Å². The van der Waals surface area contributed by atoms with Gasteiger partial charge in [0.25, 0.3) is 0 Å². The van der Waals surface area contributed by atoms with Crippen LogP contribution in [0.2, 0.25) is 0 Å². The van der Waals surface area contributed by atoms with Gasteiger partial charge in [-0.05, 0) is 29.6 Å². The molecule has 0 bridgehead atoms. The van der Waals surface area contributed by atoms with Crippen molar-refractivity contribution in [2.24, 2.45) is 0 Å². The third kappa shape index (κ3) is 1.95. The van der Waals surface area contributed by atoms with Crippen molar-refractivity contribution in [3.05, 3.63) is 59.0 Å². The van der Waals surface area contributed by atoms with E-state index in [1.54, 1.807) is 41.9 Å². The Bertz CT molecular complexity index is 1010. The predicted molar refractivity (Wildman–Crippen MR) is 87.3 cm³/mol. The van der Waals surface area contributed by atoms with Crippen LogP contribution in [0.25, 0.3) is 32.9 Å². The number of carboxylic acid groups (broad SMARTS) is 1. The summed E-state index contributed by atoms with van der Waals surface area (Å²) in [5, 5.41) is 16.1. The van der Waals surface area contributed by atoms with Crippen LogP contribution in [0.3, 0.4) is 0 Å². The molecule has 4 rings (SSSR count). The van der Waals surface area contributed by atoms with E-state index >= 15 is 0 Å². The Balaban J connectivity index is 2.15. The van der Waals surface area contributed by atoms with E-state index in [1.807, 2.05) is 22.9 Å². The Morgan fingerprint density at radius 1 is 1.09 bits per heavy atom. The van der Waals surface area contributed by atoms with Gasteiger partial charge in [0.15, 0.2) is 0 Å². The first kappa shape index (κ1) is 12.9. The van der Waals surface area contributed by atoms with Gasteiger partial charge in [0, 0.05) is 39.5 Å². The zero-order valence-electron chi connectivity index (χ0n) is 11.4. The van der Waals surface area contributed by atoms with Crippen LogP contribution in [0.1, 0.15) is 10.4 Å². The summed E-state index contributed by atoms with van der Waals surface area (Å²) in [6.07, 6.45) is 3.55. The Morgan fingerprint density at radius 2 is 2.00 bits per heavy atom. The lowest BCUT2D eigenvalue weighted by Crippen LogP contribution is -1.97. The van der Waals surface area contributed by atoms with Crippen molar-refractivity contribution in [3.63, 3.8) is 0 Å². The van der Waals surface area contributed by atoms with Gasteiger partial charge in [-0.15, -0.1) is 0 Å². The van der Waals surface area contributed by atoms with Gasteiger partial charge in [0.2, 0.25) is 0 Å². The van der Waals surface area contributed by atoms with Gasteiger partial charge in [-0.2, -0.15) is 11.3 Å². The van der Waals surface area contributed by atoms with Crippen LogP contribution < -0.4 is 0 Å². The molecule has 4 nitrogen and oxygen atoms in total. The molecule has 22 heavy (non-hydrogen) atoms. The lowest BCUT2D eigenvalue weighted by molar-refractivity contribution is 0.0697. The van der Waals surface area contributed by atoms with Gasteiger partial charge < -0.3 is 5.11 Å². The number of nitrogens with zero attached hydrogens (tertiary/aromatic N) is 2. The fourth-order valence-electron chi connectivity index (χ4n) is 2.60. The lowest BCUT2D eigenvalue weighted by atomic mass is 10.0. The number of aromatic carboxylic acids is 1. The van der Waals surface area contributed by atoms with Crippen LogP contribution in [0.4, 0.5) is 0 Å². The van der Waals surface area contributed by atoms with Crippen LogP contribution in [-0.2, 0) is 0 Å². The van der Waals surface area contributed by atoms with Gasteiger partial charge in [-0.25, -0.2) is 9.78 Å². The number of benzene rings is 1. The second kappa shape index (κ2) is 4.89. The van der Waals surface area contributed by atoms with E-state index in [0.29, 0.717) is 5.52 Å². The Hall–Kier alpha value is -2.79. The Morgan fingerprint density at radius 3 is 2.77 bits per heavy atom. The third-order valence-corrected chi connectivity index (χ3v) is 4.32. The molecule has 0 radical (unpaired) electrons. The summed E-state index contributed by atoms with van der Waals surface area (Å²) in [6.45, 7) is 0. The highest BCUT2D eigenvalue weighted by molar-refractivity contribution is 7.08. The SMILES string of the molecule is O=C(O)c1ccc2c(c1)nc(-c1ccsc1)c1ccncc12. The van der Waals surface area contributed by atoms with E-state index in [-0.39, 0.29) is 5.56 Å². The number of rotatable bonds is 2. The molecule has 106 valence electrons. The number of carbonyl (C=O) groups is 1. The van der Waals surface area contributed by atoms with E-state index in [4.69, 9.17) is 4.98 Å². The van der Waals surface area contributed by atoms with Crippen molar-refractivity contribution < 1.29 is 9.90 Å². The molecule has 0 unspecified atom stereocenters. The number of carboxylic acids is 1. The van der Waals surface area contributed by atoms with Crippen molar-refractivity contribution in [1.82, 2.24) is 9.97 Å². The van der Waals surface area contributed by atoms with Gasteiger partial charge in [0.1, 0.15) is 0 Å². The maximum atomic E-state index is 11.2. The number of fused-ring (bicyclic) bond motifs is 3. The van der Waals surface area contributed by atoms with E-state index in [1.165, 1.54) is 0 Å². The zero-order chi connectivity index (χ0) is 15.1. The number of hydrogen-bond acceptors (Lipinski definition) is 4. The molecule has 0 atom stereocenters. The van der Waals surface area contributed by atoms with E-state index < -0.39 is 5.97 Å². The van der Waals surface area contributed by atoms with Crippen LogP contribution in [0.5, 0.6) is 0 Å². The minimum atomic E-state index is -0.952. The van der Waals surface area contributed by atoms with E-state index in [9.17, 15) is 9.90 Å². The average Bonchev–Trinajstić information content (AvgIpc) is 3.07. The molecule has 5 heteroatoms. The lowest BCUT2D eigenvalue weighted by Gasteiger charge is -2.09. The molecule has 0 aliphatic rings. The first-order valence-electron chi connectivity index (χ1n) is 6.67. The van der Waals surface area contributed by atoms with Gasteiger partial charge in [-0.1, -0.05) is 6.07 Å². The maximum absolute atomic E-state index is 11.2. The number of thiophene rings is 1. The molecule has 0 saturated heterocycles. The summed E-state index contributed by atoms with van der Waals surface area (Å²) >= 11 is 1.61. The van der Waals surface area contributed by atoms with Gasteiger partial charge in [0.05, 0.1) is 16.8 Å². The van der Waals surface area contributed by atoms with Gasteiger partial charge >= 0.3 is 5.97 Å². The Labute approximate surface area is 129 Å². The number of aromatic nitrogens is 2. The smallest absolute Gasteiger partial charge is 0.335 e. The molecule has 0 fully saturated rings. The molecule has 0 aliphatic heterocycles. The zero-order valence-corrected chi connectivity index (χ0v) is 12.2. The number of hydrogen-bond donors (Lipinski definition) is 1. The standard InChI is InChI=1S/C17H10N2O2S/c20-17(21)10-1-2-12-14-8-18-5-3-13(14)16(19-15(12)7-10)11-4-6-22-9-11/h1-9H,(H,20,21). The quantitative estimate of drug-likeness (QED) is 0.563. The van der Waals surface area contributed by atoms with Crippen molar-refractivity contribution in [3.8, 4) is 11.3 Å². The van der Waals surface area contributed by atoms with E-state index in [2.05, 4.69) is 4.98 Å². The highest BCUT2D eigenvalue weighted by Crippen LogP contribution is 2.33. The topological polar surface area (TPSA) is 63.1 Å². The molecule has 1 N–H and O–H groups in total. The molecule has 4 aromatic rings. The summed E-state index contributed by atoms with van der Waals surface area (Å²) in [7, 11) is 0. The van der Waals surface area contributed by atoms with Crippen LogP contribution in [0, 0.1) is 0 Å². The second-order valence-corrected chi connectivity index (χ2v) is 5.71. The molecular formula is C17H10N2O2S. The molecule has 0 aliphatic carbocycles. The summed E-state index contributed by atoms with van der Waals surface area (Å²) < 4.78 is 0. The maximum Gasteiger partial charge on any atom is 0.335 e. The normalized spacial score (nSPS) is 11.1. The van der Waals surface area contributed by atoms with Crippen LogP contribution >= 0.6 is 11.3 Å². The van der Waals surface area contributed by atoms with Crippen molar-refractivity contribution in [2.45, 2.75) is 0 Å². The minimum absolute atomic E-state index is 0.236. The summed E-state index contributed by atoms with van der Waals surface area (Å²) in [5.41, 5.74) is 2.79. The van der Waals surface area contributed by atoms with Crippen molar-refractivity contribution in [2.75, 3.05) is 0 Å². The second-order valence-electron chi connectivity index (χ2n) is 4.93. The first-order chi connectivity index (χ1) is 10.7. The monoisotopic (exact) mass is 306 g/mol. The molecule has 1 aromatic carbocycles. The molecular weight excluding hydrogens is 296 g/mol. The van der Waals surface area contributed by atoms with Crippen molar-refractivity contribution >= 4 is 39.0 Å². The fourth-order valence-corrected chi connectivity index (χ4v) is 3.24. The molecule has 3 heterocycles. The highest BCUT2D eigenvalue weighted by atomic mass is 32.1. The molecule has 3 aromatic heterocycles. The largest absolute Gasteiger partial charge is 0.478 e. The molecule has 0 spiro atoms. The Kier molecular flexibility index (Phi) is 2.87. The summed E-state index contributed by atoms with van der Waals surface area (Å²) in [5.74, 6) is -0.952.